The number of methoxy groups -OCH3 is 3. The molecule has 0 atom stereocenters. The molecule has 2 aromatic carbocycles. The second-order valence-corrected chi connectivity index (χ2v) is 6.02. The highest BCUT2D eigenvalue weighted by atomic mass is 16.5. The molecule has 0 aliphatic carbocycles. The second-order valence-electron chi connectivity index (χ2n) is 6.02. The number of nitrogens with zero attached hydrogens (tertiary/aromatic N) is 1. The van der Waals surface area contributed by atoms with E-state index in [0.29, 0.717) is 24.6 Å². The van der Waals surface area contributed by atoms with Crippen molar-refractivity contribution in [2.24, 2.45) is 4.99 Å². The zero-order valence-electron chi connectivity index (χ0n) is 16.8. The maximum Gasteiger partial charge on any atom is 0.191 e. The lowest BCUT2D eigenvalue weighted by atomic mass is 10.1. The van der Waals surface area contributed by atoms with E-state index in [2.05, 4.69) is 27.8 Å². The van der Waals surface area contributed by atoms with Crippen molar-refractivity contribution in [2.75, 3.05) is 27.9 Å². The van der Waals surface area contributed by atoms with Crippen molar-refractivity contribution in [2.45, 2.75) is 26.9 Å². The van der Waals surface area contributed by atoms with Gasteiger partial charge in [-0.3, -0.25) is 0 Å². The minimum atomic E-state index is 0.473. The fraction of sp³-hybridized carbons (Fsp3) is 0.381. The molecule has 0 unspecified atom stereocenters. The average molecular weight is 371 g/mol. The predicted octanol–water partition coefficient (Wildman–Crippen LogP) is 3.28. The Morgan fingerprint density at radius 3 is 2.37 bits per heavy atom. The van der Waals surface area contributed by atoms with Gasteiger partial charge < -0.3 is 24.8 Å². The number of hydrogen-bond donors (Lipinski definition) is 2. The van der Waals surface area contributed by atoms with Crippen molar-refractivity contribution in [3.05, 3.63) is 53.1 Å². The van der Waals surface area contributed by atoms with Crippen LogP contribution in [0, 0.1) is 6.92 Å². The van der Waals surface area contributed by atoms with E-state index in [1.165, 1.54) is 5.56 Å². The standard InChI is InChI=1S/C21H29N3O3/c1-6-22-21(23-13-16-11-10-15(2)12-19(16)26-4)24-14-17-8-7-9-18(25-3)20(17)27-5/h7-12H,6,13-14H2,1-5H3,(H2,22,23,24). The Hall–Kier alpha value is -2.89. The summed E-state index contributed by atoms with van der Waals surface area (Å²) in [5, 5.41) is 6.62. The Morgan fingerprint density at radius 2 is 1.70 bits per heavy atom. The van der Waals surface area contributed by atoms with E-state index in [-0.39, 0.29) is 0 Å². The number of benzene rings is 2. The van der Waals surface area contributed by atoms with E-state index in [9.17, 15) is 0 Å². The molecule has 6 heteroatoms. The van der Waals surface area contributed by atoms with Gasteiger partial charge in [-0.1, -0.05) is 24.3 Å². The van der Waals surface area contributed by atoms with Crippen molar-refractivity contribution < 1.29 is 14.2 Å². The van der Waals surface area contributed by atoms with Crippen LogP contribution in [0.3, 0.4) is 0 Å². The smallest absolute Gasteiger partial charge is 0.191 e. The molecule has 6 nitrogen and oxygen atoms in total. The zero-order valence-corrected chi connectivity index (χ0v) is 16.8. The van der Waals surface area contributed by atoms with Crippen LogP contribution in [0.5, 0.6) is 17.2 Å². The van der Waals surface area contributed by atoms with Crippen molar-refractivity contribution in [1.82, 2.24) is 10.6 Å². The summed E-state index contributed by atoms with van der Waals surface area (Å²) in [6, 6.07) is 12.0. The predicted molar refractivity (Wildman–Crippen MR) is 109 cm³/mol. The summed E-state index contributed by atoms with van der Waals surface area (Å²) in [7, 11) is 4.95. The molecule has 0 aliphatic heterocycles. The van der Waals surface area contributed by atoms with Crippen molar-refractivity contribution in [3.8, 4) is 17.2 Å². The molecular weight excluding hydrogens is 342 g/mol. The topological polar surface area (TPSA) is 64.1 Å². The number of hydrogen-bond acceptors (Lipinski definition) is 4. The van der Waals surface area contributed by atoms with Crippen LogP contribution in [0.4, 0.5) is 0 Å². The SMILES string of the molecule is CCNC(=NCc1cccc(OC)c1OC)NCc1ccc(C)cc1OC. The van der Waals surface area contributed by atoms with Gasteiger partial charge >= 0.3 is 0 Å². The van der Waals surface area contributed by atoms with Gasteiger partial charge in [0, 0.05) is 24.2 Å². The van der Waals surface area contributed by atoms with E-state index >= 15 is 0 Å². The lowest BCUT2D eigenvalue weighted by Gasteiger charge is -2.15. The Morgan fingerprint density at radius 1 is 0.926 bits per heavy atom. The van der Waals surface area contributed by atoms with E-state index in [0.717, 1.165) is 29.4 Å². The largest absolute Gasteiger partial charge is 0.496 e. The number of aliphatic imine (C=N–C) groups is 1. The molecule has 0 aromatic heterocycles. The quantitative estimate of drug-likeness (QED) is 0.551. The maximum absolute atomic E-state index is 5.48. The molecule has 27 heavy (non-hydrogen) atoms. The molecule has 0 saturated carbocycles. The van der Waals surface area contributed by atoms with E-state index in [1.807, 2.05) is 38.1 Å². The third kappa shape index (κ3) is 5.54. The van der Waals surface area contributed by atoms with Gasteiger partial charge in [0.1, 0.15) is 5.75 Å². The molecule has 146 valence electrons. The molecule has 2 N–H and O–H groups in total. The second kappa shape index (κ2) is 10.3. The van der Waals surface area contributed by atoms with Gasteiger partial charge in [0.2, 0.25) is 0 Å². The molecule has 2 rings (SSSR count). The lowest BCUT2D eigenvalue weighted by Crippen LogP contribution is -2.36. The third-order valence-corrected chi connectivity index (χ3v) is 4.13. The Balaban J connectivity index is 2.13. The molecule has 0 radical (unpaired) electrons. The maximum atomic E-state index is 5.48. The summed E-state index contributed by atoms with van der Waals surface area (Å²) in [5.41, 5.74) is 3.20. The van der Waals surface area contributed by atoms with Crippen molar-refractivity contribution in [3.63, 3.8) is 0 Å². The van der Waals surface area contributed by atoms with Gasteiger partial charge in [-0.2, -0.15) is 0 Å². The number of nitrogens with one attached hydrogen (secondary N) is 2. The van der Waals surface area contributed by atoms with Crippen LogP contribution in [0.25, 0.3) is 0 Å². The van der Waals surface area contributed by atoms with Crippen LogP contribution >= 0.6 is 0 Å². The summed E-state index contributed by atoms with van der Waals surface area (Å²) >= 11 is 0. The normalized spacial score (nSPS) is 11.1. The first-order valence-corrected chi connectivity index (χ1v) is 8.98. The monoisotopic (exact) mass is 371 g/mol. The summed E-state index contributed by atoms with van der Waals surface area (Å²) in [4.78, 5) is 4.67. The van der Waals surface area contributed by atoms with Gasteiger partial charge in [-0.25, -0.2) is 4.99 Å². The number of rotatable bonds is 8. The minimum absolute atomic E-state index is 0.473. The molecule has 0 heterocycles. The number of aryl methyl sites for hydroxylation is 1. The Labute approximate surface area is 161 Å². The van der Waals surface area contributed by atoms with E-state index in [4.69, 9.17) is 14.2 Å². The molecule has 0 aliphatic rings. The van der Waals surface area contributed by atoms with Gasteiger partial charge in [0.15, 0.2) is 17.5 Å². The molecule has 0 saturated heterocycles. The highest BCUT2D eigenvalue weighted by molar-refractivity contribution is 5.79. The highest BCUT2D eigenvalue weighted by Gasteiger charge is 2.10. The number of para-hydroxylation sites is 1. The lowest BCUT2D eigenvalue weighted by molar-refractivity contribution is 0.352. The van der Waals surface area contributed by atoms with E-state index in [1.54, 1.807) is 21.3 Å². The van der Waals surface area contributed by atoms with Gasteiger partial charge in [0.25, 0.3) is 0 Å². The highest BCUT2D eigenvalue weighted by Crippen LogP contribution is 2.31. The fourth-order valence-corrected chi connectivity index (χ4v) is 2.76. The van der Waals surface area contributed by atoms with Crippen LogP contribution in [0.1, 0.15) is 23.6 Å². The first kappa shape index (κ1) is 20.4. The van der Waals surface area contributed by atoms with Crippen LogP contribution in [-0.4, -0.2) is 33.8 Å². The minimum Gasteiger partial charge on any atom is -0.496 e. The van der Waals surface area contributed by atoms with Gasteiger partial charge in [-0.05, 0) is 31.5 Å². The molecule has 2 aromatic rings. The van der Waals surface area contributed by atoms with Crippen LogP contribution in [0.2, 0.25) is 0 Å². The number of guanidine groups is 1. The molecule has 0 spiro atoms. The first-order valence-electron chi connectivity index (χ1n) is 8.98. The summed E-state index contributed by atoms with van der Waals surface area (Å²) in [5.74, 6) is 3.00. The Kier molecular flexibility index (Phi) is 7.79. The summed E-state index contributed by atoms with van der Waals surface area (Å²) in [6.07, 6.45) is 0. The van der Waals surface area contributed by atoms with Crippen LogP contribution in [-0.2, 0) is 13.1 Å². The fourth-order valence-electron chi connectivity index (χ4n) is 2.76. The van der Waals surface area contributed by atoms with Gasteiger partial charge in [0.05, 0.1) is 27.9 Å². The van der Waals surface area contributed by atoms with Crippen LogP contribution in [0.15, 0.2) is 41.4 Å². The number of ether oxygens (including phenoxy) is 3. The van der Waals surface area contributed by atoms with E-state index < -0.39 is 0 Å². The van der Waals surface area contributed by atoms with Crippen LogP contribution < -0.4 is 24.8 Å². The molecular formula is C21H29N3O3. The summed E-state index contributed by atoms with van der Waals surface area (Å²) in [6.45, 7) is 5.94. The third-order valence-electron chi connectivity index (χ3n) is 4.13. The molecule has 0 amide bonds. The van der Waals surface area contributed by atoms with Crippen molar-refractivity contribution >= 4 is 5.96 Å². The van der Waals surface area contributed by atoms with Gasteiger partial charge in [-0.15, -0.1) is 0 Å². The zero-order chi connectivity index (χ0) is 19.6. The average Bonchev–Trinajstić information content (AvgIpc) is 2.70. The van der Waals surface area contributed by atoms with Crippen molar-refractivity contribution in [1.29, 1.82) is 0 Å². The first-order chi connectivity index (χ1) is 13.1. The molecule has 0 fully saturated rings. The Bertz CT molecular complexity index is 775. The summed E-state index contributed by atoms with van der Waals surface area (Å²) < 4.78 is 16.3. The molecule has 0 bridgehead atoms.